The second kappa shape index (κ2) is 18.5. The van der Waals surface area contributed by atoms with Crippen molar-refractivity contribution >= 4 is 23.6 Å². The normalized spacial score (nSPS) is 11.2. The number of nitrogens with one attached hydrogen (secondary N) is 2. The Labute approximate surface area is 186 Å². The van der Waals surface area contributed by atoms with E-state index in [1.165, 1.54) is 19.4 Å². The summed E-state index contributed by atoms with van der Waals surface area (Å²) in [7, 11) is 1.00. The predicted octanol–water partition coefficient (Wildman–Crippen LogP) is 1.67. The van der Waals surface area contributed by atoms with E-state index < -0.39 is 42.3 Å². The molecule has 1 atom stereocenters. The molecule has 0 heterocycles. The third-order valence-electron chi connectivity index (χ3n) is 3.92. The summed E-state index contributed by atoms with van der Waals surface area (Å²) < 4.78 is 0. The van der Waals surface area contributed by atoms with E-state index in [9.17, 15) is 24.3 Å². The Bertz CT molecular complexity index is 568. The summed E-state index contributed by atoms with van der Waals surface area (Å²) in [6.45, 7) is 13.1. The number of carbonyl (C=O) groups excluding carboxylic acids is 3. The number of allylic oxidation sites excluding steroid dienone is 1. The summed E-state index contributed by atoms with van der Waals surface area (Å²) in [5.74, 6) is -2.49. The predicted molar refractivity (Wildman–Crippen MR) is 120 cm³/mol. The second-order valence-corrected chi connectivity index (χ2v) is 8.22. The number of hydrogen-bond acceptors (Lipinski definition) is 6. The smallest absolute Gasteiger partial charge is 0.316 e. The fourth-order valence-electron chi connectivity index (χ4n) is 1.93. The van der Waals surface area contributed by atoms with E-state index in [2.05, 4.69) is 31.1 Å². The van der Waals surface area contributed by atoms with Crippen LogP contribution in [0.25, 0.3) is 0 Å². The molecule has 9 heteroatoms. The van der Waals surface area contributed by atoms with E-state index in [0.717, 1.165) is 20.0 Å². The van der Waals surface area contributed by atoms with Gasteiger partial charge in [0.25, 0.3) is 0 Å². The van der Waals surface area contributed by atoms with Crippen molar-refractivity contribution in [2.75, 3.05) is 20.3 Å². The SMILES string of the molecule is C=C(C)C.CC(C)CCCCC(=O)NC(CO)C(=O)NCC(=O)C(C)(C)C(=O)O.CO. The van der Waals surface area contributed by atoms with Gasteiger partial charge in [-0.1, -0.05) is 32.3 Å². The van der Waals surface area contributed by atoms with Crippen molar-refractivity contribution in [3.63, 3.8) is 0 Å². The molecule has 0 aromatic heterocycles. The lowest BCUT2D eigenvalue weighted by molar-refractivity contribution is -0.152. The minimum absolute atomic E-state index is 0.251. The highest BCUT2D eigenvalue weighted by Crippen LogP contribution is 2.16. The highest BCUT2D eigenvalue weighted by atomic mass is 16.4. The molecule has 182 valence electrons. The molecule has 0 aliphatic rings. The Morgan fingerprint density at radius 1 is 1.03 bits per heavy atom. The van der Waals surface area contributed by atoms with Crippen LogP contribution in [0.3, 0.4) is 0 Å². The lowest BCUT2D eigenvalue weighted by atomic mass is 9.88. The first-order chi connectivity index (χ1) is 14.2. The standard InChI is InChI=1S/C17H30N2O6.C4H8.CH4O/c1-11(2)7-5-6-8-14(22)19-12(10-20)15(23)18-9-13(21)17(3,4)16(24)25;1-4(2)3;1-2/h11-12,20H,5-10H2,1-4H3,(H,18,23)(H,19,22)(H,24,25);1H2,2-3H3;2H,1H3. The number of carboxylic acid groups (broad SMARTS) is 1. The van der Waals surface area contributed by atoms with Crippen LogP contribution in [0.5, 0.6) is 0 Å². The molecule has 0 rings (SSSR count). The number of unbranched alkanes of at least 4 members (excludes halogenated alkanes) is 1. The molecule has 0 aliphatic heterocycles. The van der Waals surface area contributed by atoms with Crippen LogP contribution in [0.4, 0.5) is 0 Å². The van der Waals surface area contributed by atoms with E-state index in [4.69, 9.17) is 10.2 Å². The van der Waals surface area contributed by atoms with Crippen LogP contribution in [0.1, 0.15) is 67.2 Å². The van der Waals surface area contributed by atoms with Crippen molar-refractivity contribution in [3.05, 3.63) is 12.2 Å². The van der Waals surface area contributed by atoms with E-state index in [1.807, 2.05) is 13.8 Å². The minimum Gasteiger partial charge on any atom is -0.481 e. The first kappa shape index (κ1) is 33.4. The lowest BCUT2D eigenvalue weighted by Crippen LogP contribution is -2.51. The quantitative estimate of drug-likeness (QED) is 0.174. The zero-order valence-electron chi connectivity index (χ0n) is 20.1. The van der Waals surface area contributed by atoms with Gasteiger partial charge in [0.2, 0.25) is 11.8 Å². The topological polar surface area (TPSA) is 153 Å². The molecule has 31 heavy (non-hydrogen) atoms. The van der Waals surface area contributed by atoms with Gasteiger partial charge in [-0.05, 0) is 40.0 Å². The van der Waals surface area contributed by atoms with E-state index in [0.29, 0.717) is 12.3 Å². The molecule has 5 N–H and O–H groups in total. The molecule has 0 radical (unpaired) electrons. The number of aliphatic hydroxyl groups excluding tert-OH is 2. The maximum atomic E-state index is 11.9. The van der Waals surface area contributed by atoms with Crippen molar-refractivity contribution in [2.24, 2.45) is 11.3 Å². The van der Waals surface area contributed by atoms with Gasteiger partial charge in [-0.2, -0.15) is 0 Å². The molecule has 9 nitrogen and oxygen atoms in total. The first-order valence-corrected chi connectivity index (χ1v) is 10.3. The number of aliphatic hydroxyl groups is 2. The average molecular weight is 447 g/mol. The highest BCUT2D eigenvalue weighted by Gasteiger charge is 2.35. The van der Waals surface area contributed by atoms with Gasteiger partial charge in [0.05, 0.1) is 13.2 Å². The number of carboxylic acids is 1. The summed E-state index contributed by atoms with van der Waals surface area (Å²) in [4.78, 5) is 46.6. The van der Waals surface area contributed by atoms with E-state index in [1.54, 1.807) is 0 Å². The molecule has 2 amide bonds. The fraction of sp³-hybridized carbons (Fsp3) is 0.727. The molecule has 0 aromatic carbocycles. The van der Waals surface area contributed by atoms with Gasteiger partial charge in [-0.15, -0.1) is 6.58 Å². The molecule has 0 bridgehead atoms. The summed E-state index contributed by atoms with van der Waals surface area (Å²) >= 11 is 0. The van der Waals surface area contributed by atoms with Crippen LogP contribution in [0.2, 0.25) is 0 Å². The number of hydrogen-bond donors (Lipinski definition) is 5. The van der Waals surface area contributed by atoms with Crippen molar-refractivity contribution in [2.45, 2.75) is 73.3 Å². The van der Waals surface area contributed by atoms with Gasteiger partial charge in [0.1, 0.15) is 11.5 Å². The monoisotopic (exact) mass is 446 g/mol. The second-order valence-electron chi connectivity index (χ2n) is 8.22. The number of amides is 2. The molecule has 0 aliphatic carbocycles. The molecule has 0 fully saturated rings. The van der Waals surface area contributed by atoms with Crippen molar-refractivity contribution in [3.8, 4) is 0 Å². The lowest BCUT2D eigenvalue weighted by Gasteiger charge is -2.20. The van der Waals surface area contributed by atoms with Gasteiger partial charge in [-0.3, -0.25) is 19.2 Å². The fourth-order valence-corrected chi connectivity index (χ4v) is 1.93. The number of rotatable bonds is 12. The van der Waals surface area contributed by atoms with Crippen LogP contribution in [-0.2, 0) is 19.2 Å². The Kier molecular flexibility index (Phi) is 19.9. The number of carbonyl (C=O) groups is 4. The maximum Gasteiger partial charge on any atom is 0.316 e. The van der Waals surface area contributed by atoms with Crippen LogP contribution >= 0.6 is 0 Å². The van der Waals surface area contributed by atoms with Crippen LogP contribution in [-0.4, -0.2) is 65.2 Å². The molecule has 0 saturated heterocycles. The van der Waals surface area contributed by atoms with E-state index >= 15 is 0 Å². The van der Waals surface area contributed by atoms with E-state index in [-0.39, 0.29) is 12.3 Å². The third kappa shape index (κ3) is 18.2. The Hall–Kier alpha value is -2.26. The van der Waals surface area contributed by atoms with Gasteiger partial charge in [-0.25, -0.2) is 0 Å². The largest absolute Gasteiger partial charge is 0.481 e. The minimum atomic E-state index is -1.62. The summed E-state index contributed by atoms with van der Waals surface area (Å²) in [5.41, 5.74) is -0.457. The Balaban J connectivity index is -0.00000116. The molecule has 1 unspecified atom stereocenters. The van der Waals surface area contributed by atoms with Gasteiger partial charge < -0.3 is 26.0 Å². The number of Topliss-reactive ketones (excluding diaryl/α,β-unsaturated/α-hetero) is 1. The van der Waals surface area contributed by atoms with Crippen LogP contribution in [0.15, 0.2) is 12.2 Å². The average Bonchev–Trinajstić information content (AvgIpc) is 2.67. The molecular weight excluding hydrogens is 404 g/mol. The summed E-state index contributed by atoms with van der Waals surface area (Å²) in [5, 5.41) is 29.9. The van der Waals surface area contributed by atoms with Crippen LogP contribution < -0.4 is 10.6 Å². The summed E-state index contributed by atoms with van der Waals surface area (Å²) in [6, 6.07) is -1.17. The molecule has 0 aromatic rings. The van der Waals surface area contributed by atoms with Crippen molar-refractivity contribution in [1.82, 2.24) is 10.6 Å². The Morgan fingerprint density at radius 2 is 1.52 bits per heavy atom. The molecule has 0 saturated carbocycles. The van der Waals surface area contributed by atoms with Gasteiger partial charge >= 0.3 is 5.97 Å². The maximum absolute atomic E-state index is 11.9. The number of aliphatic carboxylic acids is 1. The molecule has 0 spiro atoms. The third-order valence-corrected chi connectivity index (χ3v) is 3.92. The zero-order valence-corrected chi connectivity index (χ0v) is 20.1. The van der Waals surface area contributed by atoms with Crippen molar-refractivity contribution < 1.29 is 34.5 Å². The number of ketones is 1. The van der Waals surface area contributed by atoms with Crippen LogP contribution in [0, 0.1) is 11.3 Å². The molecular formula is C22H42N2O7. The van der Waals surface area contributed by atoms with Gasteiger partial charge in [0, 0.05) is 13.5 Å². The van der Waals surface area contributed by atoms with Crippen molar-refractivity contribution in [1.29, 1.82) is 0 Å². The Morgan fingerprint density at radius 3 is 1.90 bits per heavy atom. The summed E-state index contributed by atoms with van der Waals surface area (Å²) in [6.07, 6.45) is 2.86. The zero-order chi connectivity index (χ0) is 25.2. The highest BCUT2D eigenvalue weighted by molar-refractivity contribution is 6.04. The first-order valence-electron chi connectivity index (χ1n) is 10.3. The van der Waals surface area contributed by atoms with Gasteiger partial charge in [0.15, 0.2) is 5.78 Å².